The second-order valence-corrected chi connectivity index (χ2v) is 6.43. The van der Waals surface area contributed by atoms with Crippen molar-refractivity contribution in [2.45, 2.75) is 32.2 Å². The summed E-state index contributed by atoms with van der Waals surface area (Å²) in [6.45, 7) is 2.45. The van der Waals surface area contributed by atoms with Gasteiger partial charge in [-0.3, -0.25) is 9.59 Å². The van der Waals surface area contributed by atoms with Gasteiger partial charge in [-0.15, -0.1) is 0 Å². The fourth-order valence-electron chi connectivity index (χ4n) is 2.62. The summed E-state index contributed by atoms with van der Waals surface area (Å²) in [5, 5.41) is 2.88. The number of nitrogens with zero attached hydrogens (tertiary/aromatic N) is 1. The Morgan fingerprint density at radius 2 is 2.05 bits per heavy atom. The third kappa shape index (κ3) is 2.59. The molecule has 1 saturated carbocycles. The van der Waals surface area contributed by atoms with E-state index in [9.17, 15) is 9.59 Å². The number of amides is 2. The molecular formula is C15H17BrN2O2. The highest BCUT2D eigenvalue weighted by Gasteiger charge is 2.41. The molecular weight excluding hydrogens is 320 g/mol. The number of benzene rings is 1. The molecule has 1 atom stereocenters. The van der Waals surface area contributed by atoms with Crippen LogP contribution in [0.15, 0.2) is 22.7 Å². The van der Waals surface area contributed by atoms with E-state index in [0.29, 0.717) is 18.9 Å². The van der Waals surface area contributed by atoms with Gasteiger partial charge in [0.15, 0.2) is 0 Å². The molecule has 2 amide bonds. The number of anilines is 1. The van der Waals surface area contributed by atoms with Crippen molar-refractivity contribution in [2.75, 3.05) is 11.4 Å². The number of hydrogen-bond donors (Lipinski definition) is 1. The van der Waals surface area contributed by atoms with Crippen LogP contribution in [-0.2, 0) is 9.59 Å². The van der Waals surface area contributed by atoms with Crippen molar-refractivity contribution < 1.29 is 9.59 Å². The van der Waals surface area contributed by atoms with Gasteiger partial charge in [0.05, 0.1) is 5.69 Å². The molecule has 1 N–H and O–H groups in total. The summed E-state index contributed by atoms with van der Waals surface area (Å²) >= 11 is 3.52. The topological polar surface area (TPSA) is 49.4 Å². The zero-order valence-electron chi connectivity index (χ0n) is 11.4. The number of hydrogen-bond acceptors (Lipinski definition) is 2. The van der Waals surface area contributed by atoms with Gasteiger partial charge < -0.3 is 10.2 Å². The molecule has 1 aromatic rings. The third-order valence-electron chi connectivity index (χ3n) is 3.90. The van der Waals surface area contributed by atoms with Crippen molar-refractivity contribution in [3.8, 4) is 0 Å². The van der Waals surface area contributed by atoms with E-state index >= 15 is 0 Å². The van der Waals surface area contributed by atoms with Gasteiger partial charge in [-0.2, -0.15) is 0 Å². The molecule has 1 heterocycles. The summed E-state index contributed by atoms with van der Waals surface area (Å²) in [7, 11) is 0. The van der Waals surface area contributed by atoms with Crippen LogP contribution in [0.2, 0.25) is 0 Å². The predicted octanol–water partition coefficient (Wildman–Crippen LogP) is 2.39. The molecule has 3 rings (SSSR count). The second-order valence-electron chi connectivity index (χ2n) is 5.58. The Balaban J connectivity index is 1.93. The number of carbonyl (C=O) groups excluding carboxylic acids is 2. The van der Waals surface area contributed by atoms with Crippen LogP contribution in [0.3, 0.4) is 0 Å². The van der Waals surface area contributed by atoms with Crippen LogP contribution in [0.4, 0.5) is 5.69 Å². The number of rotatable bonds is 2. The summed E-state index contributed by atoms with van der Waals surface area (Å²) in [6, 6.07) is 5.57. The Morgan fingerprint density at radius 3 is 2.70 bits per heavy atom. The Labute approximate surface area is 126 Å². The molecule has 106 valence electrons. The number of nitrogens with one attached hydrogen (secondary N) is 1. The molecule has 0 spiro atoms. The van der Waals surface area contributed by atoms with Crippen LogP contribution in [-0.4, -0.2) is 24.4 Å². The lowest BCUT2D eigenvalue weighted by Crippen LogP contribution is -2.46. The lowest BCUT2D eigenvalue weighted by Gasteiger charge is -2.25. The Bertz CT molecular complexity index is 569. The lowest BCUT2D eigenvalue weighted by molar-refractivity contribution is -0.126. The standard InChI is InChI=1S/C15H17BrN2O2/c1-9-2-5-12(11(16)8-9)18-7-6-13(19)17-14(15(18)20)10-3-4-10/h2,5,8,10,14H,3-4,6-7H2,1H3,(H,17,19). The maximum Gasteiger partial charge on any atom is 0.249 e. The first-order chi connectivity index (χ1) is 9.56. The average molecular weight is 337 g/mol. The number of aryl methyl sites for hydroxylation is 1. The normalized spacial score (nSPS) is 23.5. The molecule has 1 aromatic carbocycles. The molecule has 5 heteroatoms. The van der Waals surface area contributed by atoms with E-state index in [2.05, 4.69) is 21.2 Å². The van der Waals surface area contributed by atoms with Gasteiger partial charge in [0, 0.05) is 17.4 Å². The SMILES string of the molecule is Cc1ccc(N2CCC(=O)NC(C3CC3)C2=O)c(Br)c1. The van der Waals surface area contributed by atoms with E-state index in [4.69, 9.17) is 0 Å². The van der Waals surface area contributed by atoms with Crippen molar-refractivity contribution in [1.29, 1.82) is 0 Å². The van der Waals surface area contributed by atoms with Crippen LogP contribution < -0.4 is 10.2 Å². The maximum atomic E-state index is 12.7. The summed E-state index contributed by atoms with van der Waals surface area (Å²) in [5.41, 5.74) is 1.98. The molecule has 4 nitrogen and oxygen atoms in total. The average Bonchev–Trinajstić information content (AvgIpc) is 3.21. The van der Waals surface area contributed by atoms with Crippen LogP contribution >= 0.6 is 15.9 Å². The molecule has 20 heavy (non-hydrogen) atoms. The first kappa shape index (κ1) is 13.6. The Hall–Kier alpha value is -1.36. The van der Waals surface area contributed by atoms with Gasteiger partial charge in [-0.25, -0.2) is 0 Å². The van der Waals surface area contributed by atoms with Gasteiger partial charge in [-0.1, -0.05) is 6.07 Å². The van der Waals surface area contributed by atoms with Crippen molar-refractivity contribution in [3.05, 3.63) is 28.2 Å². The van der Waals surface area contributed by atoms with E-state index in [0.717, 1.165) is 28.6 Å². The highest BCUT2D eigenvalue weighted by molar-refractivity contribution is 9.10. The summed E-state index contributed by atoms with van der Waals surface area (Å²) in [4.78, 5) is 26.2. The van der Waals surface area contributed by atoms with Gasteiger partial charge in [0.1, 0.15) is 6.04 Å². The Kier molecular flexibility index (Phi) is 3.54. The predicted molar refractivity (Wildman–Crippen MR) is 80.5 cm³/mol. The maximum absolute atomic E-state index is 12.7. The van der Waals surface area contributed by atoms with Crippen LogP contribution in [0.1, 0.15) is 24.8 Å². The summed E-state index contributed by atoms with van der Waals surface area (Å²) in [6.07, 6.45) is 2.41. The van der Waals surface area contributed by atoms with Crippen molar-refractivity contribution in [1.82, 2.24) is 5.32 Å². The van der Waals surface area contributed by atoms with Gasteiger partial charge >= 0.3 is 0 Å². The summed E-state index contributed by atoms with van der Waals surface area (Å²) < 4.78 is 0.898. The molecule has 0 radical (unpaired) electrons. The minimum absolute atomic E-state index is 0.0166. The highest BCUT2D eigenvalue weighted by Crippen LogP contribution is 2.36. The molecule has 0 aromatic heterocycles. The third-order valence-corrected chi connectivity index (χ3v) is 4.53. The number of carbonyl (C=O) groups is 2. The molecule has 1 saturated heterocycles. The van der Waals surface area contributed by atoms with Gasteiger partial charge in [-0.05, 0) is 59.3 Å². The van der Waals surface area contributed by atoms with Gasteiger partial charge in [0.25, 0.3) is 0 Å². The quantitative estimate of drug-likeness (QED) is 0.901. The molecule has 1 aliphatic carbocycles. The van der Waals surface area contributed by atoms with Crippen molar-refractivity contribution in [3.63, 3.8) is 0 Å². The van der Waals surface area contributed by atoms with E-state index in [1.807, 2.05) is 25.1 Å². The highest BCUT2D eigenvalue weighted by atomic mass is 79.9. The second kappa shape index (κ2) is 5.20. The largest absolute Gasteiger partial charge is 0.344 e. The molecule has 2 aliphatic rings. The van der Waals surface area contributed by atoms with Crippen molar-refractivity contribution >= 4 is 33.4 Å². The summed E-state index contributed by atoms with van der Waals surface area (Å²) in [5.74, 6) is 0.306. The van der Waals surface area contributed by atoms with Crippen LogP contribution in [0, 0.1) is 12.8 Å². The molecule has 1 aliphatic heterocycles. The zero-order valence-corrected chi connectivity index (χ0v) is 12.9. The smallest absolute Gasteiger partial charge is 0.249 e. The lowest BCUT2D eigenvalue weighted by atomic mass is 10.1. The first-order valence-electron chi connectivity index (χ1n) is 6.93. The van der Waals surface area contributed by atoms with Crippen molar-refractivity contribution in [2.24, 2.45) is 5.92 Å². The number of halogens is 1. The Morgan fingerprint density at radius 1 is 1.30 bits per heavy atom. The van der Waals surface area contributed by atoms with E-state index < -0.39 is 0 Å². The van der Waals surface area contributed by atoms with E-state index in [1.54, 1.807) is 4.90 Å². The first-order valence-corrected chi connectivity index (χ1v) is 7.72. The van der Waals surface area contributed by atoms with Crippen LogP contribution in [0.5, 0.6) is 0 Å². The molecule has 2 fully saturated rings. The van der Waals surface area contributed by atoms with Crippen LogP contribution in [0.25, 0.3) is 0 Å². The molecule has 1 unspecified atom stereocenters. The minimum atomic E-state index is -0.349. The molecule has 0 bridgehead atoms. The minimum Gasteiger partial charge on any atom is -0.344 e. The van der Waals surface area contributed by atoms with E-state index in [-0.39, 0.29) is 17.9 Å². The van der Waals surface area contributed by atoms with E-state index in [1.165, 1.54) is 0 Å². The van der Waals surface area contributed by atoms with Gasteiger partial charge in [0.2, 0.25) is 11.8 Å². The monoisotopic (exact) mass is 336 g/mol. The zero-order chi connectivity index (χ0) is 14.3. The fourth-order valence-corrected chi connectivity index (χ4v) is 3.33. The fraction of sp³-hybridized carbons (Fsp3) is 0.467.